The van der Waals surface area contributed by atoms with Crippen molar-refractivity contribution in [3.8, 4) is 0 Å². The van der Waals surface area contributed by atoms with Crippen molar-refractivity contribution < 1.29 is 14.7 Å². The summed E-state index contributed by atoms with van der Waals surface area (Å²) >= 11 is 0. The van der Waals surface area contributed by atoms with E-state index in [1.54, 1.807) is 10.9 Å². The van der Waals surface area contributed by atoms with Crippen LogP contribution in [0, 0.1) is 5.41 Å². The molecular weight excluding hydrogens is 270 g/mol. The first kappa shape index (κ1) is 15.5. The molecule has 6 nitrogen and oxygen atoms in total. The topological polar surface area (TPSA) is 84.2 Å². The third kappa shape index (κ3) is 4.06. The summed E-state index contributed by atoms with van der Waals surface area (Å²) < 4.78 is 1.70. The van der Waals surface area contributed by atoms with Crippen LogP contribution in [-0.2, 0) is 23.1 Å². The fourth-order valence-corrected chi connectivity index (χ4v) is 2.91. The lowest BCUT2D eigenvalue weighted by Crippen LogP contribution is -2.44. The fraction of sp³-hybridized carbons (Fsp3) is 0.667. The van der Waals surface area contributed by atoms with Gasteiger partial charge in [-0.3, -0.25) is 14.3 Å². The highest BCUT2D eigenvalue weighted by Gasteiger charge is 2.39. The molecule has 116 valence electrons. The zero-order valence-corrected chi connectivity index (χ0v) is 12.5. The van der Waals surface area contributed by atoms with Gasteiger partial charge in [0.2, 0.25) is 5.91 Å². The normalized spacial score (nSPS) is 17.4. The van der Waals surface area contributed by atoms with E-state index in [0.717, 1.165) is 24.8 Å². The molecule has 2 rings (SSSR count). The van der Waals surface area contributed by atoms with Crippen LogP contribution in [0.25, 0.3) is 0 Å². The first-order chi connectivity index (χ1) is 10.0. The molecule has 1 aliphatic rings. The third-order valence-electron chi connectivity index (χ3n) is 4.29. The second kappa shape index (κ2) is 6.74. The number of carboxylic acid groups (broad SMARTS) is 1. The maximum atomic E-state index is 11.9. The molecule has 0 saturated heterocycles. The number of aromatic nitrogens is 2. The van der Waals surface area contributed by atoms with Gasteiger partial charge in [0.1, 0.15) is 0 Å². The highest BCUT2D eigenvalue weighted by molar-refractivity contribution is 5.79. The Kier molecular flexibility index (Phi) is 4.98. The summed E-state index contributed by atoms with van der Waals surface area (Å²) in [7, 11) is 1.84. The standard InChI is InChI=1S/C15H23N3O3/c1-18-10-12(9-17-18)5-6-13(19)16-11-15(14(20)21)7-3-2-4-8-15/h9-10H,2-8,11H2,1H3,(H,16,19)(H,20,21). The molecule has 0 radical (unpaired) electrons. The highest BCUT2D eigenvalue weighted by atomic mass is 16.4. The Morgan fingerprint density at radius 2 is 2.10 bits per heavy atom. The summed E-state index contributed by atoms with van der Waals surface area (Å²) in [6, 6.07) is 0. The summed E-state index contributed by atoms with van der Waals surface area (Å²) in [4.78, 5) is 23.4. The van der Waals surface area contributed by atoms with Crippen molar-refractivity contribution >= 4 is 11.9 Å². The molecule has 0 unspecified atom stereocenters. The lowest BCUT2D eigenvalue weighted by molar-refractivity contribution is -0.151. The molecule has 1 heterocycles. The van der Waals surface area contributed by atoms with E-state index in [-0.39, 0.29) is 12.5 Å². The second-order valence-corrected chi connectivity index (χ2v) is 5.95. The molecule has 1 aromatic heterocycles. The predicted octanol–water partition coefficient (Wildman–Crippen LogP) is 1.50. The van der Waals surface area contributed by atoms with Gasteiger partial charge in [0.05, 0.1) is 11.6 Å². The van der Waals surface area contributed by atoms with Crippen LogP contribution in [0.1, 0.15) is 44.1 Å². The van der Waals surface area contributed by atoms with E-state index in [4.69, 9.17) is 0 Å². The van der Waals surface area contributed by atoms with Crippen molar-refractivity contribution in [3.05, 3.63) is 18.0 Å². The van der Waals surface area contributed by atoms with Gasteiger partial charge in [-0.2, -0.15) is 5.10 Å². The monoisotopic (exact) mass is 293 g/mol. The number of nitrogens with zero attached hydrogens (tertiary/aromatic N) is 2. The summed E-state index contributed by atoms with van der Waals surface area (Å²) in [6.45, 7) is 0.244. The molecule has 0 bridgehead atoms. The second-order valence-electron chi connectivity index (χ2n) is 5.95. The van der Waals surface area contributed by atoms with E-state index < -0.39 is 11.4 Å². The van der Waals surface area contributed by atoms with E-state index in [1.165, 1.54) is 0 Å². The van der Waals surface area contributed by atoms with Gasteiger partial charge in [-0.1, -0.05) is 19.3 Å². The number of aliphatic carboxylic acids is 1. The van der Waals surface area contributed by atoms with E-state index in [2.05, 4.69) is 10.4 Å². The molecule has 0 aliphatic heterocycles. The van der Waals surface area contributed by atoms with E-state index in [9.17, 15) is 14.7 Å². The Balaban J connectivity index is 1.80. The Morgan fingerprint density at radius 3 is 2.67 bits per heavy atom. The van der Waals surface area contributed by atoms with Gasteiger partial charge in [-0.05, 0) is 24.8 Å². The summed E-state index contributed by atoms with van der Waals surface area (Å²) in [5, 5.41) is 16.3. The number of rotatable bonds is 6. The number of hydrogen-bond acceptors (Lipinski definition) is 3. The van der Waals surface area contributed by atoms with Gasteiger partial charge >= 0.3 is 5.97 Å². The van der Waals surface area contributed by atoms with Crippen LogP contribution in [0.4, 0.5) is 0 Å². The van der Waals surface area contributed by atoms with Crippen molar-refractivity contribution in [1.82, 2.24) is 15.1 Å². The Labute approximate surface area is 124 Å². The largest absolute Gasteiger partial charge is 0.481 e. The minimum Gasteiger partial charge on any atom is -0.481 e. The molecule has 1 aromatic rings. The zero-order valence-electron chi connectivity index (χ0n) is 12.5. The van der Waals surface area contributed by atoms with Crippen molar-refractivity contribution in [2.75, 3.05) is 6.54 Å². The van der Waals surface area contributed by atoms with Crippen LogP contribution in [0.5, 0.6) is 0 Å². The number of aryl methyl sites for hydroxylation is 2. The summed E-state index contributed by atoms with van der Waals surface area (Å²) in [6.07, 6.45) is 8.87. The quantitative estimate of drug-likeness (QED) is 0.832. The van der Waals surface area contributed by atoms with Gasteiger partial charge in [0.25, 0.3) is 0 Å². The van der Waals surface area contributed by atoms with Crippen LogP contribution < -0.4 is 5.32 Å². The molecule has 0 aromatic carbocycles. The zero-order chi connectivity index (χ0) is 15.3. The molecule has 0 atom stereocenters. The summed E-state index contributed by atoms with van der Waals surface area (Å²) in [5.41, 5.74) is 0.251. The molecular formula is C15H23N3O3. The number of carbonyl (C=O) groups is 2. The van der Waals surface area contributed by atoms with Gasteiger partial charge in [0, 0.05) is 26.2 Å². The Hall–Kier alpha value is -1.85. The van der Waals surface area contributed by atoms with Gasteiger partial charge in [0.15, 0.2) is 0 Å². The van der Waals surface area contributed by atoms with Crippen LogP contribution in [0.15, 0.2) is 12.4 Å². The number of carboxylic acids is 1. The molecule has 1 amide bonds. The fourth-order valence-electron chi connectivity index (χ4n) is 2.91. The van der Waals surface area contributed by atoms with E-state index in [0.29, 0.717) is 25.7 Å². The van der Waals surface area contributed by atoms with Crippen molar-refractivity contribution in [2.45, 2.75) is 44.9 Å². The first-order valence-corrected chi connectivity index (χ1v) is 7.49. The van der Waals surface area contributed by atoms with Crippen LogP contribution in [-0.4, -0.2) is 33.3 Å². The maximum Gasteiger partial charge on any atom is 0.311 e. The third-order valence-corrected chi connectivity index (χ3v) is 4.29. The number of carbonyl (C=O) groups excluding carboxylic acids is 1. The Bertz CT molecular complexity index is 504. The van der Waals surface area contributed by atoms with Crippen LogP contribution in [0.3, 0.4) is 0 Å². The van der Waals surface area contributed by atoms with Crippen molar-refractivity contribution in [3.63, 3.8) is 0 Å². The van der Waals surface area contributed by atoms with E-state index in [1.807, 2.05) is 13.2 Å². The number of amides is 1. The van der Waals surface area contributed by atoms with Gasteiger partial charge in [-0.15, -0.1) is 0 Å². The van der Waals surface area contributed by atoms with Crippen molar-refractivity contribution in [2.24, 2.45) is 12.5 Å². The van der Waals surface area contributed by atoms with Crippen LogP contribution in [0.2, 0.25) is 0 Å². The lowest BCUT2D eigenvalue weighted by atomic mass is 9.74. The molecule has 1 aliphatic carbocycles. The Morgan fingerprint density at radius 1 is 1.38 bits per heavy atom. The number of hydrogen-bond donors (Lipinski definition) is 2. The minimum atomic E-state index is -0.783. The lowest BCUT2D eigenvalue weighted by Gasteiger charge is -2.33. The average molecular weight is 293 g/mol. The number of nitrogens with one attached hydrogen (secondary N) is 1. The average Bonchev–Trinajstić information content (AvgIpc) is 2.89. The highest BCUT2D eigenvalue weighted by Crippen LogP contribution is 2.36. The molecule has 1 saturated carbocycles. The molecule has 6 heteroatoms. The molecule has 0 spiro atoms. The predicted molar refractivity (Wildman–Crippen MR) is 77.7 cm³/mol. The maximum absolute atomic E-state index is 11.9. The van der Waals surface area contributed by atoms with Crippen molar-refractivity contribution in [1.29, 1.82) is 0 Å². The molecule has 1 fully saturated rings. The first-order valence-electron chi connectivity index (χ1n) is 7.49. The van der Waals surface area contributed by atoms with Gasteiger partial charge < -0.3 is 10.4 Å². The smallest absolute Gasteiger partial charge is 0.311 e. The summed E-state index contributed by atoms with van der Waals surface area (Å²) in [5.74, 6) is -0.875. The molecule has 2 N–H and O–H groups in total. The van der Waals surface area contributed by atoms with E-state index >= 15 is 0 Å². The van der Waals surface area contributed by atoms with Crippen LogP contribution >= 0.6 is 0 Å². The molecule has 21 heavy (non-hydrogen) atoms. The SMILES string of the molecule is Cn1cc(CCC(=O)NCC2(C(=O)O)CCCCC2)cn1. The minimum absolute atomic E-state index is 0.0925. The van der Waals surface area contributed by atoms with Gasteiger partial charge in [-0.25, -0.2) is 0 Å².